The van der Waals surface area contributed by atoms with Crippen LogP contribution in [-0.2, 0) is 93.8 Å². The van der Waals surface area contributed by atoms with Gasteiger partial charge in [-0.25, -0.2) is 0 Å². The zero-order valence-corrected chi connectivity index (χ0v) is 85.4. The third-order valence-corrected chi connectivity index (χ3v) is 26.6. The zero-order valence-electron chi connectivity index (χ0n) is 77.2. The number of hydrogen-bond donors (Lipinski definition) is 26. The van der Waals surface area contributed by atoms with Crippen LogP contribution in [0.3, 0.4) is 0 Å². The lowest BCUT2D eigenvalue weighted by Gasteiger charge is -2.30. The molecule has 0 spiro atoms. The van der Waals surface area contributed by atoms with Crippen molar-refractivity contribution in [1.82, 2.24) is 52.5 Å². The highest BCUT2D eigenvalue weighted by Crippen LogP contribution is 2.23. The van der Waals surface area contributed by atoms with E-state index in [9.17, 15) is 77.6 Å². The maximum Gasteiger partial charge on any atom is 0.264 e. The summed E-state index contributed by atoms with van der Waals surface area (Å²) >= 11 is 3.40. The van der Waals surface area contributed by atoms with Gasteiger partial charge in [0, 0.05) is 82.5 Å². The van der Waals surface area contributed by atoms with Crippen molar-refractivity contribution in [3.8, 4) is 0 Å². The molecule has 2 aromatic heterocycles. The molecule has 2 aromatic carbocycles. The van der Waals surface area contributed by atoms with Gasteiger partial charge < -0.3 is 93.4 Å². The van der Waals surface area contributed by atoms with Gasteiger partial charge in [-0.15, -0.1) is 0 Å². The smallest absolute Gasteiger partial charge is 0.264 e. The van der Waals surface area contributed by atoms with Gasteiger partial charge in [-0.05, 0) is 199 Å². The lowest BCUT2D eigenvalue weighted by atomic mass is 9.87. The Morgan fingerprint density at radius 1 is 0.308 bits per heavy atom. The maximum absolute atomic E-state index is 10.6. The van der Waals surface area contributed by atoms with Gasteiger partial charge in [0.25, 0.3) is 80.9 Å². The van der Waals surface area contributed by atoms with Crippen LogP contribution in [-0.4, -0.2) is 378 Å². The number of aliphatic hydroxyl groups is 8. The molecule has 52 heteroatoms. The molecule has 4 rings (SSSR count). The first-order valence-electron chi connectivity index (χ1n) is 42.5. The van der Waals surface area contributed by atoms with Crippen molar-refractivity contribution in [2.45, 2.75) is 195 Å². The van der Waals surface area contributed by atoms with Crippen LogP contribution in [0.2, 0.25) is 0 Å². The summed E-state index contributed by atoms with van der Waals surface area (Å²) in [7, 11) is -31.0. The minimum Gasteiger partial charge on any atom is -0.395 e. The highest BCUT2D eigenvalue weighted by molar-refractivity contribution is 7.98. The molecule has 8 atom stereocenters. The summed E-state index contributed by atoms with van der Waals surface area (Å²) in [6, 6.07) is 15.4. The maximum atomic E-state index is 10.6. The molecule has 2 heterocycles. The van der Waals surface area contributed by atoms with Gasteiger partial charge in [0.1, 0.15) is 0 Å². The molecule has 0 amide bonds. The molecule has 26 N–H and O–H groups in total. The number of nitrogens with one attached hydrogen (secondary N) is 10. The van der Waals surface area contributed by atoms with Crippen LogP contribution in [0.1, 0.15) is 145 Å². The van der Waals surface area contributed by atoms with Crippen LogP contribution in [0, 0.1) is 22.7 Å². The molecule has 0 aliphatic rings. The number of rotatable bonds is 60. The standard InChI is InChI=1S/2C14H20N2O4S.2C9H21NO4S.2C8H19NO4S2.2C8H19NO4S/c2*17-10-12(15-6-3-7-21(18,19)20)8-11-9-16-14-5-2-1-4-13(11)14;2*1-9(2,3)8(7-11)10-5-4-6-15(12,13)14;2*1-14-5-3-8(7-10)9-4-2-6-15(11,12)13;2*1-7(2)8(6-10)9-4-3-5-14(11,12)13/h2*1-2,4-5,9,12,15-17H,3,6-8,10H2,(H,18,19,20);2*8,10-11H,4-7H2,1-3H3,(H,12,13,14);2*8-10H,2-7H2,1H3,(H,11,12,13);2*7-10H,3-6H2,1-2H3,(H,11,12,13)/t2*12-;6*8-/m10101010/s1. The third-order valence-electron chi connectivity index (χ3n) is 18.9. The zero-order chi connectivity index (χ0) is 101. The highest BCUT2D eigenvalue weighted by atomic mass is 32.3. The molecule has 0 bridgehead atoms. The van der Waals surface area contributed by atoms with E-state index in [-0.39, 0.29) is 158 Å². The molecular weight excluding hydrogens is 1910 g/mol. The van der Waals surface area contributed by atoms with E-state index in [4.69, 9.17) is 67.1 Å². The fourth-order valence-electron chi connectivity index (χ4n) is 11.3. The van der Waals surface area contributed by atoms with Crippen LogP contribution in [0.25, 0.3) is 21.8 Å². The second-order valence-corrected chi connectivity index (χ2v) is 47.8. The van der Waals surface area contributed by atoms with Gasteiger partial charge in [0.15, 0.2) is 0 Å². The Kier molecular flexibility index (Phi) is 73.9. The van der Waals surface area contributed by atoms with E-state index in [2.05, 4.69) is 52.5 Å². The molecule has 0 aliphatic carbocycles. The second kappa shape index (κ2) is 72.2. The number of H-pyrrole nitrogens is 2. The first kappa shape index (κ1) is 133. The number of hydrogen-bond acceptors (Lipinski definition) is 34. The summed E-state index contributed by atoms with van der Waals surface area (Å²) in [5.41, 5.74) is 4.16. The molecule has 130 heavy (non-hydrogen) atoms. The average molecular weight is 2070 g/mol. The van der Waals surface area contributed by atoms with E-state index < -0.39 is 80.9 Å². The van der Waals surface area contributed by atoms with Crippen LogP contribution in [0.4, 0.5) is 0 Å². The first-order chi connectivity index (χ1) is 60.0. The Hall–Kier alpha value is -3.14. The summed E-state index contributed by atoms with van der Waals surface area (Å²) in [5, 5.41) is 99.5. The second-order valence-electron chi connectivity index (χ2n) is 33.2. The van der Waals surface area contributed by atoms with E-state index >= 15 is 0 Å². The summed E-state index contributed by atoms with van der Waals surface area (Å²) in [4.78, 5) is 6.37. The van der Waals surface area contributed by atoms with E-state index in [0.717, 1.165) is 57.3 Å². The van der Waals surface area contributed by atoms with Crippen LogP contribution in [0.15, 0.2) is 60.9 Å². The Balaban J connectivity index is -0.000000702. The van der Waals surface area contributed by atoms with Crippen molar-refractivity contribution in [2.24, 2.45) is 22.7 Å². The number of aliphatic hydroxyl groups excluding tert-OH is 8. The fourth-order valence-corrected chi connectivity index (χ4v) is 16.4. The van der Waals surface area contributed by atoms with Gasteiger partial charge in [0.05, 0.1) is 98.9 Å². The van der Waals surface area contributed by atoms with E-state index in [1.54, 1.807) is 23.5 Å². The Morgan fingerprint density at radius 3 is 0.715 bits per heavy atom. The van der Waals surface area contributed by atoms with Crippen molar-refractivity contribution >= 4 is 126 Å². The van der Waals surface area contributed by atoms with Crippen molar-refractivity contribution < 1.29 is 145 Å². The Labute approximate surface area is 782 Å². The lowest BCUT2D eigenvalue weighted by Crippen LogP contribution is -2.43. The molecule has 0 saturated heterocycles. The Morgan fingerprint density at radius 2 is 0.523 bits per heavy atom. The van der Waals surface area contributed by atoms with Crippen LogP contribution >= 0.6 is 23.5 Å². The molecule has 772 valence electrons. The van der Waals surface area contributed by atoms with Crippen LogP contribution in [0.5, 0.6) is 0 Å². The Bertz CT molecular complexity index is 4210. The normalized spacial score (nSPS) is 14.3. The van der Waals surface area contributed by atoms with Gasteiger partial charge in [0.2, 0.25) is 0 Å². The minimum absolute atomic E-state index is 0.00930. The predicted octanol–water partition coefficient (Wildman–Crippen LogP) is 2.08. The first-order valence-corrected chi connectivity index (χ1v) is 58.1. The van der Waals surface area contributed by atoms with Crippen molar-refractivity contribution in [1.29, 1.82) is 0 Å². The van der Waals surface area contributed by atoms with Gasteiger partial charge in [-0.1, -0.05) is 106 Å². The molecule has 0 unspecified atom stereocenters. The van der Waals surface area contributed by atoms with Crippen LogP contribution < -0.4 is 42.5 Å². The van der Waals surface area contributed by atoms with Crippen molar-refractivity contribution in [2.75, 3.05) is 175 Å². The number of benzene rings is 2. The molecule has 42 nitrogen and oxygen atoms in total. The van der Waals surface area contributed by atoms with E-state index in [0.29, 0.717) is 128 Å². The molecule has 0 saturated carbocycles. The van der Waals surface area contributed by atoms with Gasteiger partial charge in [-0.2, -0.15) is 90.9 Å². The number of thioether (sulfide) groups is 2. The number of aromatic amines is 2. The SMILES string of the molecule is CC(C)(C)[C@@H](CO)NCCCS(=O)(=O)O.CC(C)(C)[C@H](CO)NCCCS(=O)(=O)O.CC(C)[C@@H](CO)NCCCS(=O)(=O)O.CC(C)[C@H](CO)NCCCS(=O)(=O)O.CSCC[C@@H](CO)NCCCS(=O)(=O)O.CSCC[C@H](CO)NCCCS(=O)(=O)O.O=S(=O)(O)CCCN[C@@H](CO)Cc1c[nH]c2ccccc12.O=S(=O)(O)CCCN[C@H](CO)Cc1c[nH]c2ccccc12. The molecule has 0 fully saturated rings. The number of aromatic nitrogens is 2. The van der Waals surface area contributed by atoms with Gasteiger partial charge in [-0.3, -0.25) is 36.4 Å². The summed E-state index contributed by atoms with van der Waals surface area (Å²) < 4.78 is 235. The topological polar surface area (TPSA) is 725 Å². The minimum atomic E-state index is -3.92. The van der Waals surface area contributed by atoms with E-state index in [1.165, 1.54) is 0 Å². The highest BCUT2D eigenvalue weighted by Gasteiger charge is 2.25. The number of fused-ring (bicyclic) bond motifs is 2. The van der Waals surface area contributed by atoms with Crippen molar-refractivity contribution in [3.05, 3.63) is 72.1 Å². The molecule has 4 aromatic rings. The summed E-state index contributed by atoms with van der Waals surface area (Å²) in [5.74, 6) is 0.513. The lowest BCUT2D eigenvalue weighted by molar-refractivity contribution is 0.159. The number of para-hydroxylation sites is 2. The fraction of sp³-hybridized carbons (Fsp3) is 0.795. The van der Waals surface area contributed by atoms with Gasteiger partial charge >= 0.3 is 0 Å². The molecule has 0 radical (unpaired) electrons. The average Bonchev–Trinajstić information content (AvgIpc) is 1.69. The van der Waals surface area contributed by atoms with E-state index in [1.807, 2.05) is 143 Å². The summed E-state index contributed by atoms with van der Waals surface area (Å²) in [6.45, 7) is 23.6. The predicted molar refractivity (Wildman–Crippen MR) is 518 cm³/mol. The van der Waals surface area contributed by atoms with Crippen molar-refractivity contribution in [3.63, 3.8) is 0 Å². The third kappa shape index (κ3) is 82.0. The monoisotopic (exact) mass is 2070 g/mol. The largest absolute Gasteiger partial charge is 0.395 e. The quantitative estimate of drug-likeness (QED) is 0.0222. The molecular formula is C78H158N10O32S10. The summed E-state index contributed by atoms with van der Waals surface area (Å²) in [6.07, 6.45) is 13.5. The molecule has 0 aliphatic heterocycles.